The van der Waals surface area contributed by atoms with Crippen LogP contribution in [0.2, 0.25) is 0 Å². The van der Waals surface area contributed by atoms with Crippen LogP contribution in [0.3, 0.4) is 0 Å². The van der Waals surface area contributed by atoms with E-state index in [-0.39, 0.29) is 17.9 Å². The molecule has 0 fully saturated rings. The average molecular weight is 232 g/mol. The van der Waals surface area contributed by atoms with Gasteiger partial charge in [0, 0.05) is 7.05 Å². The summed E-state index contributed by atoms with van der Waals surface area (Å²) in [7, 11) is 1.46. The van der Waals surface area contributed by atoms with E-state index >= 15 is 0 Å². The van der Waals surface area contributed by atoms with Crippen molar-refractivity contribution in [3.63, 3.8) is 0 Å². The number of hydrogen-bond donors (Lipinski definition) is 1. The number of hydrogen-bond acceptors (Lipinski definition) is 5. The summed E-state index contributed by atoms with van der Waals surface area (Å²) in [4.78, 5) is 27.0. The molecule has 17 heavy (non-hydrogen) atoms. The fourth-order valence-electron chi connectivity index (χ4n) is 1.30. The molecule has 86 valence electrons. The molecule has 0 aliphatic heterocycles. The molecule has 0 spiro atoms. The maximum atomic E-state index is 11.8. The molecule has 0 saturated carbocycles. The first-order valence-corrected chi connectivity index (χ1v) is 4.65. The second-order valence-electron chi connectivity index (χ2n) is 3.10. The van der Waals surface area contributed by atoms with Crippen LogP contribution in [0, 0.1) is 12.3 Å². The van der Waals surface area contributed by atoms with E-state index in [2.05, 4.69) is 26.5 Å². The number of nitrogens with one attached hydrogen (secondary N) is 1. The first kappa shape index (κ1) is 10.8. The zero-order valence-corrected chi connectivity index (χ0v) is 8.91. The topological polar surface area (TPSA) is 94.2 Å². The largest absolute Gasteiger partial charge is 0.354 e. The van der Waals surface area contributed by atoms with Crippen LogP contribution in [0.1, 0.15) is 10.5 Å². The predicted octanol–water partition coefficient (Wildman–Crippen LogP) is -1.72. The van der Waals surface area contributed by atoms with E-state index < -0.39 is 11.6 Å². The van der Waals surface area contributed by atoms with E-state index in [1.54, 1.807) is 0 Å². The Balaban J connectivity index is 2.67. The lowest BCUT2D eigenvalue weighted by molar-refractivity contribution is 0.0960. The monoisotopic (exact) mass is 232 g/mol. The molecule has 0 radical (unpaired) electrons. The lowest BCUT2D eigenvalue weighted by Gasteiger charge is -1.99. The van der Waals surface area contributed by atoms with Crippen molar-refractivity contribution in [3.05, 3.63) is 22.5 Å². The lowest BCUT2D eigenvalue weighted by atomic mass is 10.4. The molecule has 8 heteroatoms. The summed E-state index contributed by atoms with van der Waals surface area (Å²) in [6, 6.07) is 0. The molecule has 2 aromatic heterocycles. The minimum Gasteiger partial charge on any atom is -0.354 e. The standard InChI is InChI=1S/C9H8N6O2/c1-3-4-15-9(17)14-5-11-6(8(16)10-2)7(14)12-13-15/h1,5H,4H2,2H3,(H,10,16). The third-order valence-corrected chi connectivity index (χ3v) is 2.10. The van der Waals surface area contributed by atoms with Crippen LogP contribution in [0.4, 0.5) is 0 Å². The second kappa shape index (κ2) is 4.05. The number of rotatable bonds is 2. The van der Waals surface area contributed by atoms with Gasteiger partial charge in [0.1, 0.15) is 12.9 Å². The van der Waals surface area contributed by atoms with E-state index in [0.717, 1.165) is 9.08 Å². The quantitative estimate of drug-likeness (QED) is 0.621. The van der Waals surface area contributed by atoms with E-state index in [0.29, 0.717) is 0 Å². The Morgan fingerprint density at radius 1 is 1.65 bits per heavy atom. The summed E-state index contributed by atoms with van der Waals surface area (Å²) in [6.07, 6.45) is 6.29. The van der Waals surface area contributed by atoms with Gasteiger partial charge < -0.3 is 5.32 Å². The number of amides is 1. The third-order valence-electron chi connectivity index (χ3n) is 2.10. The fourth-order valence-corrected chi connectivity index (χ4v) is 1.30. The van der Waals surface area contributed by atoms with Crippen LogP contribution in [-0.4, -0.2) is 37.3 Å². The van der Waals surface area contributed by atoms with Gasteiger partial charge in [-0.1, -0.05) is 11.1 Å². The number of carbonyl (C=O) groups excluding carboxylic acids is 1. The van der Waals surface area contributed by atoms with Crippen molar-refractivity contribution in [1.82, 2.24) is 29.7 Å². The number of aromatic nitrogens is 5. The second-order valence-corrected chi connectivity index (χ2v) is 3.10. The summed E-state index contributed by atoms with van der Waals surface area (Å²) in [5.74, 6) is 1.84. The molecule has 0 aliphatic rings. The van der Waals surface area contributed by atoms with Crippen LogP contribution < -0.4 is 11.0 Å². The van der Waals surface area contributed by atoms with Gasteiger partial charge in [0.2, 0.25) is 0 Å². The molecule has 0 bridgehead atoms. The highest BCUT2D eigenvalue weighted by atomic mass is 16.2. The highest BCUT2D eigenvalue weighted by Gasteiger charge is 2.15. The van der Waals surface area contributed by atoms with Gasteiger partial charge in [-0.25, -0.2) is 14.2 Å². The zero-order chi connectivity index (χ0) is 12.4. The molecule has 0 aromatic carbocycles. The van der Waals surface area contributed by atoms with Crippen LogP contribution in [0.15, 0.2) is 11.1 Å². The van der Waals surface area contributed by atoms with Crippen LogP contribution >= 0.6 is 0 Å². The van der Waals surface area contributed by atoms with Crippen molar-refractivity contribution >= 4 is 11.6 Å². The Morgan fingerprint density at radius 2 is 2.41 bits per heavy atom. The summed E-state index contributed by atoms with van der Waals surface area (Å²) in [5.41, 5.74) is -0.344. The van der Waals surface area contributed by atoms with E-state index in [9.17, 15) is 9.59 Å². The molecule has 0 aliphatic carbocycles. The minimum atomic E-state index is -0.490. The molecule has 0 atom stereocenters. The Kier molecular flexibility index (Phi) is 2.58. The van der Waals surface area contributed by atoms with Gasteiger partial charge >= 0.3 is 5.69 Å². The van der Waals surface area contributed by atoms with Crippen molar-refractivity contribution in [2.75, 3.05) is 7.05 Å². The normalized spacial score (nSPS) is 10.1. The zero-order valence-electron chi connectivity index (χ0n) is 8.91. The SMILES string of the molecule is C#CCn1nnc2c(C(=O)NC)ncn2c1=O. The highest BCUT2D eigenvalue weighted by molar-refractivity contribution is 5.97. The fraction of sp³-hybridized carbons (Fsp3) is 0.222. The maximum absolute atomic E-state index is 11.8. The maximum Gasteiger partial charge on any atom is 0.353 e. The number of imidazole rings is 1. The smallest absolute Gasteiger partial charge is 0.353 e. The third kappa shape index (κ3) is 1.63. The predicted molar refractivity (Wildman–Crippen MR) is 57.3 cm³/mol. The molecule has 0 unspecified atom stereocenters. The van der Waals surface area contributed by atoms with Gasteiger partial charge in [0.25, 0.3) is 5.91 Å². The van der Waals surface area contributed by atoms with Gasteiger partial charge in [0.05, 0.1) is 0 Å². The number of fused-ring (bicyclic) bond motifs is 1. The van der Waals surface area contributed by atoms with Gasteiger partial charge in [-0.2, -0.15) is 4.68 Å². The van der Waals surface area contributed by atoms with E-state index in [1.807, 2.05) is 0 Å². The first-order valence-electron chi connectivity index (χ1n) is 4.65. The molecule has 2 rings (SSSR count). The average Bonchev–Trinajstić information content (AvgIpc) is 2.76. The van der Waals surface area contributed by atoms with Gasteiger partial charge in [-0.15, -0.1) is 11.5 Å². The summed E-state index contributed by atoms with van der Waals surface area (Å²) in [6.45, 7) is 0.00919. The molecule has 1 N–H and O–H groups in total. The Bertz CT molecular complexity index is 677. The molecule has 8 nitrogen and oxygen atoms in total. The van der Waals surface area contributed by atoms with E-state index in [1.165, 1.54) is 13.4 Å². The van der Waals surface area contributed by atoms with Gasteiger partial charge in [-0.3, -0.25) is 4.79 Å². The van der Waals surface area contributed by atoms with Crippen molar-refractivity contribution < 1.29 is 4.79 Å². The molecule has 2 heterocycles. The van der Waals surface area contributed by atoms with Crippen molar-refractivity contribution in [2.45, 2.75) is 6.54 Å². The number of terminal acetylenes is 1. The summed E-state index contributed by atoms with van der Waals surface area (Å²) in [5, 5.41) is 9.76. The van der Waals surface area contributed by atoms with Crippen molar-refractivity contribution in [1.29, 1.82) is 0 Å². The highest BCUT2D eigenvalue weighted by Crippen LogP contribution is 2.01. The summed E-state index contributed by atoms with van der Waals surface area (Å²) < 4.78 is 2.12. The van der Waals surface area contributed by atoms with Crippen LogP contribution in [0.5, 0.6) is 0 Å². The van der Waals surface area contributed by atoms with Crippen molar-refractivity contribution in [2.24, 2.45) is 0 Å². The van der Waals surface area contributed by atoms with Crippen molar-refractivity contribution in [3.8, 4) is 12.3 Å². The Labute approximate surface area is 95.3 Å². The molecule has 1 amide bonds. The number of carbonyl (C=O) groups is 1. The van der Waals surface area contributed by atoms with E-state index in [4.69, 9.17) is 6.42 Å². The molecular weight excluding hydrogens is 224 g/mol. The lowest BCUT2D eigenvalue weighted by Crippen LogP contribution is -2.30. The molecular formula is C9H8N6O2. The summed E-state index contributed by atoms with van der Waals surface area (Å²) >= 11 is 0. The minimum absolute atomic E-state index is 0.00919. The van der Waals surface area contributed by atoms with Crippen LogP contribution in [-0.2, 0) is 6.54 Å². The van der Waals surface area contributed by atoms with Gasteiger partial charge in [0.15, 0.2) is 11.3 Å². The van der Waals surface area contributed by atoms with Crippen LogP contribution in [0.25, 0.3) is 5.65 Å². The molecule has 2 aromatic rings. The Morgan fingerprint density at radius 3 is 3.06 bits per heavy atom. The molecule has 0 saturated heterocycles. The Hall–Kier alpha value is -2.69. The van der Waals surface area contributed by atoms with Gasteiger partial charge in [-0.05, 0) is 0 Å². The number of nitrogens with zero attached hydrogens (tertiary/aromatic N) is 5. The first-order chi connectivity index (χ1) is 8.19.